The third kappa shape index (κ3) is 5.00. The molecule has 0 fully saturated rings. The minimum absolute atomic E-state index is 0.609. The van der Waals surface area contributed by atoms with Crippen LogP contribution >= 0.6 is 11.8 Å². The van der Waals surface area contributed by atoms with E-state index >= 15 is 0 Å². The normalized spacial score (nSPS) is 12.8. The summed E-state index contributed by atoms with van der Waals surface area (Å²) in [6.07, 6.45) is 0. The van der Waals surface area contributed by atoms with Gasteiger partial charge in [0, 0.05) is 16.7 Å². The maximum atomic E-state index is 5.44. The van der Waals surface area contributed by atoms with Crippen LogP contribution in [0, 0.1) is 5.92 Å². The fourth-order valence-electron chi connectivity index (χ4n) is 1.57. The van der Waals surface area contributed by atoms with E-state index in [1.807, 2.05) is 37.9 Å². The summed E-state index contributed by atoms with van der Waals surface area (Å²) in [4.78, 5) is 1.31. The lowest BCUT2D eigenvalue weighted by atomic mass is 10.1. The Morgan fingerprint density at radius 1 is 1.24 bits per heavy atom. The lowest BCUT2D eigenvalue weighted by Gasteiger charge is -2.20. The molecule has 1 atom stereocenters. The molecule has 0 radical (unpaired) electrons. The van der Waals surface area contributed by atoms with E-state index in [0.717, 1.165) is 18.9 Å². The average Bonchev–Trinajstić information content (AvgIpc) is 2.31. The quantitative estimate of drug-likeness (QED) is 0.752. The zero-order chi connectivity index (χ0) is 12.7. The Hall–Kier alpha value is -0.670. The highest BCUT2D eigenvalue weighted by Crippen LogP contribution is 2.29. The first-order valence-electron chi connectivity index (χ1n) is 6.21. The van der Waals surface area contributed by atoms with Crippen LogP contribution in [-0.4, -0.2) is 25.4 Å². The zero-order valence-corrected chi connectivity index (χ0v) is 12.0. The summed E-state index contributed by atoms with van der Waals surface area (Å²) in [5.41, 5.74) is 0. The summed E-state index contributed by atoms with van der Waals surface area (Å²) in [7, 11) is 2.01. The largest absolute Gasteiger partial charge is 0.494 e. The van der Waals surface area contributed by atoms with E-state index in [1.54, 1.807) is 0 Å². The second-order valence-corrected chi connectivity index (χ2v) is 5.68. The van der Waals surface area contributed by atoms with Gasteiger partial charge in [-0.15, -0.1) is 11.8 Å². The highest BCUT2D eigenvalue weighted by atomic mass is 32.2. The van der Waals surface area contributed by atoms with Crippen LogP contribution in [0.1, 0.15) is 20.8 Å². The van der Waals surface area contributed by atoms with Crippen molar-refractivity contribution in [3.8, 4) is 5.75 Å². The van der Waals surface area contributed by atoms with Crippen molar-refractivity contribution < 1.29 is 4.74 Å². The molecule has 1 N–H and O–H groups in total. The molecule has 3 heteroatoms. The predicted molar refractivity (Wildman–Crippen MR) is 76.0 cm³/mol. The van der Waals surface area contributed by atoms with Crippen LogP contribution in [0.5, 0.6) is 5.75 Å². The molecule has 0 spiro atoms. The molecule has 0 saturated carbocycles. The Bertz CT molecular complexity index is 311. The van der Waals surface area contributed by atoms with Gasteiger partial charge in [-0.05, 0) is 44.2 Å². The molecule has 0 aliphatic heterocycles. The second-order valence-electron chi connectivity index (χ2n) is 4.36. The second kappa shape index (κ2) is 7.62. The first-order valence-corrected chi connectivity index (χ1v) is 7.09. The van der Waals surface area contributed by atoms with Gasteiger partial charge in [-0.3, -0.25) is 0 Å². The van der Waals surface area contributed by atoms with Gasteiger partial charge in [-0.2, -0.15) is 0 Å². The van der Waals surface area contributed by atoms with E-state index < -0.39 is 0 Å². The number of thioether (sulfide) groups is 1. The summed E-state index contributed by atoms with van der Waals surface area (Å²) in [5.74, 6) is 1.62. The minimum Gasteiger partial charge on any atom is -0.494 e. The van der Waals surface area contributed by atoms with Crippen molar-refractivity contribution in [2.24, 2.45) is 5.92 Å². The Balaban J connectivity index is 2.60. The zero-order valence-electron chi connectivity index (χ0n) is 11.2. The molecule has 2 nitrogen and oxygen atoms in total. The number of nitrogens with one attached hydrogen (secondary N) is 1. The monoisotopic (exact) mass is 253 g/mol. The fourth-order valence-corrected chi connectivity index (χ4v) is 2.74. The van der Waals surface area contributed by atoms with E-state index in [0.29, 0.717) is 11.2 Å². The van der Waals surface area contributed by atoms with Gasteiger partial charge in [0.25, 0.3) is 0 Å². The number of rotatable bonds is 7. The van der Waals surface area contributed by atoms with Crippen molar-refractivity contribution in [3.05, 3.63) is 24.3 Å². The van der Waals surface area contributed by atoms with E-state index in [4.69, 9.17) is 4.74 Å². The summed E-state index contributed by atoms with van der Waals surface area (Å²) in [6.45, 7) is 8.30. The first-order chi connectivity index (χ1) is 8.17. The molecular formula is C14H23NOS. The van der Waals surface area contributed by atoms with Crippen LogP contribution in [0.3, 0.4) is 0 Å². The summed E-state index contributed by atoms with van der Waals surface area (Å²) in [6, 6.07) is 8.37. The van der Waals surface area contributed by atoms with Crippen LogP contribution in [0.25, 0.3) is 0 Å². The van der Waals surface area contributed by atoms with Crippen LogP contribution in [0.2, 0.25) is 0 Å². The molecule has 0 heterocycles. The van der Waals surface area contributed by atoms with Crippen LogP contribution in [-0.2, 0) is 0 Å². The third-order valence-corrected chi connectivity index (χ3v) is 4.13. The summed E-state index contributed by atoms with van der Waals surface area (Å²) in [5, 5.41) is 3.86. The van der Waals surface area contributed by atoms with Gasteiger partial charge in [0.15, 0.2) is 0 Å². The highest BCUT2D eigenvalue weighted by molar-refractivity contribution is 8.00. The lowest BCUT2D eigenvalue weighted by molar-refractivity contribution is 0.340. The average molecular weight is 253 g/mol. The molecule has 17 heavy (non-hydrogen) atoms. The Labute approximate surface area is 109 Å². The van der Waals surface area contributed by atoms with Gasteiger partial charge in [0.05, 0.1) is 6.61 Å². The molecule has 1 rings (SSSR count). The molecule has 1 unspecified atom stereocenters. The molecular weight excluding hydrogens is 230 g/mol. The van der Waals surface area contributed by atoms with Crippen LogP contribution in [0.4, 0.5) is 0 Å². The molecule has 96 valence electrons. The van der Waals surface area contributed by atoms with E-state index in [2.05, 4.69) is 31.3 Å². The Morgan fingerprint density at radius 3 is 2.35 bits per heavy atom. The fraction of sp³-hybridized carbons (Fsp3) is 0.571. The molecule has 0 saturated heterocycles. The van der Waals surface area contributed by atoms with Crippen LogP contribution < -0.4 is 10.1 Å². The standard InChI is InChI=1S/C14H23NOS/c1-5-16-12-6-8-13(9-7-12)17-14(10-15-4)11(2)3/h6-9,11,14-15H,5,10H2,1-4H3. The Morgan fingerprint density at radius 2 is 1.88 bits per heavy atom. The van der Waals surface area contributed by atoms with Crippen molar-refractivity contribution in [1.29, 1.82) is 0 Å². The van der Waals surface area contributed by atoms with E-state index in [-0.39, 0.29) is 0 Å². The van der Waals surface area contributed by atoms with E-state index in [9.17, 15) is 0 Å². The van der Waals surface area contributed by atoms with Gasteiger partial charge in [-0.1, -0.05) is 13.8 Å². The molecule has 0 aliphatic carbocycles. The molecule has 1 aromatic rings. The van der Waals surface area contributed by atoms with Gasteiger partial charge < -0.3 is 10.1 Å². The maximum absolute atomic E-state index is 5.44. The predicted octanol–water partition coefficient (Wildman–Crippen LogP) is 3.42. The van der Waals surface area contributed by atoms with Gasteiger partial charge >= 0.3 is 0 Å². The van der Waals surface area contributed by atoms with Gasteiger partial charge in [0.1, 0.15) is 5.75 Å². The molecule has 0 bridgehead atoms. The van der Waals surface area contributed by atoms with Gasteiger partial charge in [0.2, 0.25) is 0 Å². The minimum atomic E-state index is 0.609. The molecule has 0 amide bonds. The number of ether oxygens (including phenoxy) is 1. The van der Waals surface area contributed by atoms with Gasteiger partial charge in [-0.25, -0.2) is 0 Å². The van der Waals surface area contributed by atoms with Crippen molar-refractivity contribution in [3.63, 3.8) is 0 Å². The highest BCUT2D eigenvalue weighted by Gasteiger charge is 2.13. The SMILES string of the molecule is CCOc1ccc(SC(CNC)C(C)C)cc1. The number of hydrogen-bond acceptors (Lipinski definition) is 3. The third-order valence-electron chi connectivity index (χ3n) is 2.57. The van der Waals surface area contributed by atoms with Crippen molar-refractivity contribution in [2.45, 2.75) is 30.9 Å². The summed E-state index contributed by atoms with van der Waals surface area (Å²) >= 11 is 1.93. The smallest absolute Gasteiger partial charge is 0.119 e. The van der Waals surface area contributed by atoms with Crippen molar-refractivity contribution in [2.75, 3.05) is 20.2 Å². The summed E-state index contributed by atoms with van der Waals surface area (Å²) < 4.78 is 5.44. The van der Waals surface area contributed by atoms with Crippen molar-refractivity contribution in [1.82, 2.24) is 5.32 Å². The van der Waals surface area contributed by atoms with Crippen LogP contribution in [0.15, 0.2) is 29.2 Å². The first kappa shape index (κ1) is 14.4. The molecule has 0 aromatic heterocycles. The van der Waals surface area contributed by atoms with Crippen molar-refractivity contribution >= 4 is 11.8 Å². The number of benzene rings is 1. The topological polar surface area (TPSA) is 21.3 Å². The Kier molecular flexibility index (Phi) is 6.45. The lowest BCUT2D eigenvalue weighted by Crippen LogP contribution is -2.25. The maximum Gasteiger partial charge on any atom is 0.119 e. The number of hydrogen-bond donors (Lipinski definition) is 1. The molecule has 0 aliphatic rings. The molecule has 1 aromatic carbocycles. The van der Waals surface area contributed by atoms with E-state index in [1.165, 1.54) is 4.90 Å².